The number of hydrogen-bond acceptors (Lipinski definition) is 5. The van der Waals surface area contributed by atoms with Crippen molar-refractivity contribution in [1.29, 1.82) is 0 Å². The van der Waals surface area contributed by atoms with Crippen LogP contribution >= 0.6 is 0 Å². The Hall–Kier alpha value is -1.73. The molecule has 126 valence electrons. The van der Waals surface area contributed by atoms with Crippen LogP contribution in [0.25, 0.3) is 0 Å². The van der Waals surface area contributed by atoms with E-state index in [1.807, 2.05) is 32.9 Å². The molecule has 0 bridgehead atoms. The van der Waals surface area contributed by atoms with E-state index in [0.717, 1.165) is 12.0 Å². The summed E-state index contributed by atoms with van der Waals surface area (Å²) in [7, 11) is -3.65. The highest BCUT2D eigenvalue weighted by molar-refractivity contribution is 7.89. The Morgan fingerprint density at radius 3 is 2.30 bits per heavy atom. The lowest BCUT2D eigenvalue weighted by Gasteiger charge is -2.17. The van der Waals surface area contributed by atoms with E-state index < -0.39 is 16.1 Å². The van der Waals surface area contributed by atoms with Gasteiger partial charge in [0.25, 0.3) is 0 Å². The second-order valence-electron chi connectivity index (χ2n) is 5.96. The van der Waals surface area contributed by atoms with Gasteiger partial charge >= 0.3 is 0 Å². The molecule has 0 saturated carbocycles. The molecule has 0 aliphatic heterocycles. The number of aromatic nitrogens is 2. The van der Waals surface area contributed by atoms with Crippen molar-refractivity contribution < 1.29 is 12.8 Å². The molecular formula is C16H23N3O3S. The van der Waals surface area contributed by atoms with Crippen molar-refractivity contribution in [3.05, 3.63) is 41.6 Å². The average molecular weight is 337 g/mol. The van der Waals surface area contributed by atoms with Gasteiger partial charge in [0.05, 0.1) is 4.90 Å². The van der Waals surface area contributed by atoms with Crippen LogP contribution in [0.2, 0.25) is 0 Å². The summed E-state index contributed by atoms with van der Waals surface area (Å²) >= 11 is 0. The Labute approximate surface area is 137 Å². The zero-order valence-electron chi connectivity index (χ0n) is 13.9. The van der Waals surface area contributed by atoms with Crippen LogP contribution in [0, 0.1) is 12.8 Å². The molecule has 0 saturated heterocycles. The van der Waals surface area contributed by atoms with Gasteiger partial charge in [0.1, 0.15) is 6.04 Å². The van der Waals surface area contributed by atoms with Crippen LogP contribution in [0.15, 0.2) is 33.6 Å². The number of benzene rings is 1. The van der Waals surface area contributed by atoms with Crippen LogP contribution in [-0.4, -0.2) is 18.6 Å². The molecule has 2 rings (SSSR count). The predicted molar refractivity (Wildman–Crippen MR) is 87.4 cm³/mol. The van der Waals surface area contributed by atoms with E-state index >= 15 is 0 Å². The first kappa shape index (κ1) is 17.6. The van der Waals surface area contributed by atoms with Gasteiger partial charge in [0, 0.05) is 6.92 Å². The molecule has 7 heteroatoms. The molecule has 0 spiro atoms. The minimum absolute atomic E-state index is 0.236. The van der Waals surface area contributed by atoms with E-state index in [4.69, 9.17) is 4.42 Å². The van der Waals surface area contributed by atoms with Crippen LogP contribution in [0.1, 0.15) is 50.6 Å². The third-order valence-corrected chi connectivity index (χ3v) is 4.97. The maximum Gasteiger partial charge on any atom is 0.241 e. The third kappa shape index (κ3) is 4.62. The maximum absolute atomic E-state index is 12.6. The Bertz CT molecular complexity index is 736. The predicted octanol–water partition coefficient (Wildman–Crippen LogP) is 3.01. The summed E-state index contributed by atoms with van der Waals surface area (Å²) in [6.07, 6.45) is 1.44. The topological polar surface area (TPSA) is 85.1 Å². The van der Waals surface area contributed by atoms with Gasteiger partial charge in [-0.3, -0.25) is 0 Å². The summed E-state index contributed by atoms with van der Waals surface area (Å²) in [5, 5.41) is 7.75. The van der Waals surface area contributed by atoms with Gasteiger partial charge in [-0.05, 0) is 36.5 Å². The number of sulfonamides is 1. The largest absolute Gasteiger partial charge is 0.424 e. The quantitative estimate of drug-likeness (QED) is 0.839. The van der Waals surface area contributed by atoms with Crippen LogP contribution < -0.4 is 4.72 Å². The van der Waals surface area contributed by atoms with E-state index in [9.17, 15) is 8.42 Å². The van der Waals surface area contributed by atoms with Crippen LogP contribution in [0.5, 0.6) is 0 Å². The van der Waals surface area contributed by atoms with Crippen molar-refractivity contribution in [2.24, 2.45) is 5.92 Å². The van der Waals surface area contributed by atoms with Gasteiger partial charge in [-0.15, -0.1) is 10.2 Å². The number of nitrogens with zero attached hydrogens (tertiary/aromatic N) is 2. The summed E-state index contributed by atoms with van der Waals surface area (Å²) < 4.78 is 33.3. The first-order valence-electron chi connectivity index (χ1n) is 7.73. The Balaban J connectivity index is 2.26. The number of rotatable bonds is 7. The van der Waals surface area contributed by atoms with E-state index in [2.05, 4.69) is 14.9 Å². The molecule has 0 radical (unpaired) electrons. The summed E-state index contributed by atoms with van der Waals surface area (Å²) in [5.41, 5.74) is 1.09. The molecule has 2 aromatic rings. The standard InChI is InChI=1S/C16H23N3O3S/c1-5-13-6-8-14(9-7-13)23(20,21)19-15(10-11(2)3)16-18-17-12(4)22-16/h6-9,11,15,19H,5,10H2,1-4H3. The second kappa shape index (κ2) is 7.23. The summed E-state index contributed by atoms with van der Waals surface area (Å²) in [5.74, 6) is 0.988. The maximum atomic E-state index is 12.6. The first-order chi connectivity index (χ1) is 10.8. The summed E-state index contributed by atoms with van der Waals surface area (Å²) in [6.45, 7) is 7.74. The molecule has 1 aromatic heterocycles. The Kier molecular flexibility index (Phi) is 5.54. The molecule has 6 nitrogen and oxygen atoms in total. The molecular weight excluding hydrogens is 314 g/mol. The molecule has 1 unspecified atom stereocenters. The van der Waals surface area contributed by atoms with Crippen LogP contribution in [0.3, 0.4) is 0 Å². The molecule has 1 N–H and O–H groups in total. The molecule has 1 atom stereocenters. The highest BCUT2D eigenvalue weighted by Gasteiger charge is 2.26. The molecule has 0 fully saturated rings. The molecule has 1 aromatic carbocycles. The highest BCUT2D eigenvalue weighted by Crippen LogP contribution is 2.23. The Morgan fingerprint density at radius 2 is 1.83 bits per heavy atom. The fourth-order valence-electron chi connectivity index (χ4n) is 2.28. The second-order valence-corrected chi connectivity index (χ2v) is 7.67. The lowest BCUT2D eigenvalue weighted by Crippen LogP contribution is -2.30. The van der Waals surface area contributed by atoms with Crippen LogP contribution in [-0.2, 0) is 16.4 Å². The van der Waals surface area contributed by atoms with Gasteiger partial charge in [-0.25, -0.2) is 8.42 Å². The number of aryl methyl sites for hydroxylation is 2. The fourth-order valence-corrected chi connectivity index (χ4v) is 3.49. The minimum atomic E-state index is -3.65. The lowest BCUT2D eigenvalue weighted by atomic mass is 10.0. The molecule has 0 amide bonds. The SMILES string of the molecule is CCc1ccc(S(=O)(=O)NC(CC(C)C)c2nnc(C)o2)cc1. The van der Waals surface area contributed by atoms with Gasteiger partial charge in [0.2, 0.25) is 21.8 Å². The average Bonchev–Trinajstić information content (AvgIpc) is 2.92. The number of nitrogens with one attached hydrogen (secondary N) is 1. The zero-order valence-corrected chi connectivity index (χ0v) is 14.7. The van der Waals surface area contributed by atoms with Gasteiger partial charge in [-0.2, -0.15) is 4.72 Å². The van der Waals surface area contributed by atoms with Crippen molar-refractivity contribution in [3.8, 4) is 0 Å². The van der Waals surface area contributed by atoms with Crippen molar-refractivity contribution in [1.82, 2.24) is 14.9 Å². The van der Waals surface area contributed by atoms with E-state index in [0.29, 0.717) is 18.2 Å². The summed E-state index contributed by atoms with van der Waals surface area (Å²) in [4.78, 5) is 0.236. The normalized spacial score (nSPS) is 13.4. The Morgan fingerprint density at radius 1 is 1.17 bits per heavy atom. The molecule has 0 aliphatic carbocycles. The highest BCUT2D eigenvalue weighted by atomic mass is 32.2. The van der Waals surface area contributed by atoms with Gasteiger partial charge in [-0.1, -0.05) is 32.9 Å². The van der Waals surface area contributed by atoms with E-state index in [1.165, 1.54) is 0 Å². The van der Waals surface area contributed by atoms with Crippen LogP contribution in [0.4, 0.5) is 0 Å². The van der Waals surface area contributed by atoms with Gasteiger partial charge < -0.3 is 4.42 Å². The van der Waals surface area contributed by atoms with Gasteiger partial charge in [0.15, 0.2) is 0 Å². The number of hydrogen-bond donors (Lipinski definition) is 1. The molecule has 1 heterocycles. The van der Waals surface area contributed by atoms with Crippen molar-refractivity contribution >= 4 is 10.0 Å². The zero-order chi connectivity index (χ0) is 17.0. The van der Waals surface area contributed by atoms with Crippen molar-refractivity contribution in [2.75, 3.05) is 0 Å². The van der Waals surface area contributed by atoms with Crippen molar-refractivity contribution in [2.45, 2.75) is 51.5 Å². The smallest absolute Gasteiger partial charge is 0.241 e. The fraction of sp³-hybridized carbons (Fsp3) is 0.500. The van der Waals surface area contributed by atoms with E-state index in [-0.39, 0.29) is 10.8 Å². The lowest BCUT2D eigenvalue weighted by molar-refractivity contribution is 0.372. The third-order valence-electron chi connectivity index (χ3n) is 3.49. The van der Waals surface area contributed by atoms with E-state index in [1.54, 1.807) is 19.1 Å². The monoisotopic (exact) mass is 337 g/mol. The minimum Gasteiger partial charge on any atom is -0.424 e. The molecule has 23 heavy (non-hydrogen) atoms. The van der Waals surface area contributed by atoms with Crippen molar-refractivity contribution in [3.63, 3.8) is 0 Å². The summed E-state index contributed by atoms with van der Waals surface area (Å²) in [6, 6.07) is 6.34. The molecule has 0 aliphatic rings. The first-order valence-corrected chi connectivity index (χ1v) is 9.21.